The zero-order valence-electron chi connectivity index (χ0n) is 22.7. The maximum Gasteiger partial charge on any atom is 0.247 e. The molecule has 3 aromatic carbocycles. The van der Waals surface area contributed by atoms with Crippen LogP contribution >= 0.6 is 0 Å². The monoisotopic (exact) mass is 592 g/mol. The molecule has 0 aromatic heterocycles. The summed E-state index contributed by atoms with van der Waals surface area (Å²) in [5.74, 6) is -0.387. The summed E-state index contributed by atoms with van der Waals surface area (Å²) >= 11 is 0. The minimum atomic E-state index is -4.08. The van der Waals surface area contributed by atoms with E-state index in [-0.39, 0.29) is 28.6 Å². The first kappa shape index (κ1) is 29.9. The second-order valence-electron chi connectivity index (χ2n) is 9.84. The van der Waals surface area contributed by atoms with Crippen LogP contribution in [0.2, 0.25) is 0 Å². The molecule has 0 spiro atoms. The molecule has 0 amide bonds. The number of aliphatic hydroxyl groups excluding tert-OH is 1. The van der Waals surface area contributed by atoms with Crippen molar-refractivity contribution >= 4 is 20.0 Å². The molecule has 0 fully saturated rings. The topological polar surface area (TPSA) is 113 Å². The van der Waals surface area contributed by atoms with Gasteiger partial charge in [0.1, 0.15) is 28.3 Å². The van der Waals surface area contributed by atoms with Crippen molar-refractivity contribution in [3.05, 3.63) is 72.5 Å². The molecular formula is C28H33FN2O7S2. The highest BCUT2D eigenvalue weighted by Gasteiger charge is 2.39. The molecule has 0 aliphatic carbocycles. The molecule has 12 heteroatoms. The van der Waals surface area contributed by atoms with Gasteiger partial charge in [-0.3, -0.25) is 0 Å². The Hall–Kier alpha value is -3.03. The Balaban J connectivity index is 1.79. The van der Waals surface area contributed by atoms with Crippen LogP contribution in [0.5, 0.6) is 11.5 Å². The summed E-state index contributed by atoms with van der Waals surface area (Å²) in [6.07, 6.45) is -0.768. The summed E-state index contributed by atoms with van der Waals surface area (Å²) in [4.78, 5) is -0.167. The largest absolute Gasteiger partial charge is 0.496 e. The van der Waals surface area contributed by atoms with E-state index in [9.17, 15) is 26.3 Å². The van der Waals surface area contributed by atoms with Gasteiger partial charge in [-0.15, -0.1) is 0 Å². The molecule has 0 unspecified atom stereocenters. The fourth-order valence-electron chi connectivity index (χ4n) is 4.63. The summed E-state index contributed by atoms with van der Waals surface area (Å²) < 4.78 is 81.6. The van der Waals surface area contributed by atoms with Gasteiger partial charge in [0.05, 0.1) is 25.2 Å². The van der Waals surface area contributed by atoms with Crippen molar-refractivity contribution in [1.29, 1.82) is 0 Å². The van der Waals surface area contributed by atoms with Gasteiger partial charge in [-0.25, -0.2) is 21.2 Å². The molecule has 3 atom stereocenters. The van der Waals surface area contributed by atoms with Crippen molar-refractivity contribution in [3.63, 3.8) is 0 Å². The number of likely N-dealkylation sites (N-methyl/N-ethyl adjacent to an activating group) is 1. The smallest absolute Gasteiger partial charge is 0.247 e. The predicted octanol–water partition coefficient (Wildman–Crippen LogP) is 3.59. The molecule has 0 saturated carbocycles. The maximum absolute atomic E-state index is 13.8. The van der Waals surface area contributed by atoms with Crippen molar-refractivity contribution < 1.29 is 35.8 Å². The number of benzene rings is 3. The van der Waals surface area contributed by atoms with Gasteiger partial charge in [-0.2, -0.15) is 8.61 Å². The Labute approximate surface area is 234 Å². The number of aliphatic hydroxyl groups is 1. The number of ether oxygens (including phenoxy) is 2. The normalized spacial score (nSPS) is 20.2. The number of sulfonamides is 2. The highest BCUT2D eigenvalue weighted by molar-refractivity contribution is 7.89. The number of halogens is 1. The Bertz CT molecular complexity index is 1560. The molecule has 40 heavy (non-hydrogen) atoms. The summed E-state index contributed by atoms with van der Waals surface area (Å²) in [5.41, 5.74) is 1.37. The van der Waals surface area contributed by atoms with E-state index >= 15 is 0 Å². The standard InChI is InChI=1S/C28H33FN2O7S2/c1-19-16-31(20(2)18-32)40(35,36)28-14-9-21(24-7-5-6-8-25(24)37-4)15-26(28)38-27(19)17-30(3)39(33,34)23-12-10-22(29)11-13-23/h5-15,19-20,27,32H,16-18H2,1-4H3/t19-,20-,27+/m0/s1. The van der Waals surface area contributed by atoms with Crippen LogP contribution in [-0.4, -0.2) is 76.6 Å². The summed E-state index contributed by atoms with van der Waals surface area (Å²) in [5, 5.41) is 9.86. The summed E-state index contributed by atoms with van der Waals surface area (Å²) in [7, 11) is -5.14. The van der Waals surface area contributed by atoms with Gasteiger partial charge in [0, 0.05) is 31.1 Å². The van der Waals surface area contributed by atoms with E-state index in [1.54, 1.807) is 32.0 Å². The molecule has 1 heterocycles. The predicted molar refractivity (Wildman–Crippen MR) is 149 cm³/mol. The zero-order chi connectivity index (χ0) is 29.2. The SMILES string of the molecule is COc1ccccc1-c1ccc2c(c1)O[C@H](CN(C)S(=O)(=O)c1ccc(F)cc1)[C@@H](C)CN([C@@H](C)CO)S2(=O)=O. The van der Waals surface area contributed by atoms with Crippen molar-refractivity contribution in [2.75, 3.05) is 33.9 Å². The second kappa shape index (κ2) is 11.8. The lowest BCUT2D eigenvalue weighted by Gasteiger charge is -2.37. The van der Waals surface area contributed by atoms with E-state index in [4.69, 9.17) is 9.47 Å². The minimum absolute atomic E-state index is 0.00708. The number of methoxy groups -OCH3 is 1. The van der Waals surface area contributed by atoms with Crippen LogP contribution in [0.15, 0.2) is 76.5 Å². The first-order valence-electron chi connectivity index (χ1n) is 12.7. The van der Waals surface area contributed by atoms with Gasteiger partial charge in [0.25, 0.3) is 0 Å². The number of hydrogen-bond donors (Lipinski definition) is 1. The Kier molecular flexibility index (Phi) is 8.86. The quantitative estimate of drug-likeness (QED) is 0.425. The van der Waals surface area contributed by atoms with Crippen molar-refractivity contribution in [3.8, 4) is 22.6 Å². The number of hydrogen-bond acceptors (Lipinski definition) is 7. The molecule has 0 saturated heterocycles. The third-order valence-corrected chi connectivity index (χ3v) is 10.9. The Morgan fingerprint density at radius 3 is 2.48 bits per heavy atom. The third-order valence-electron chi connectivity index (χ3n) is 7.04. The van der Waals surface area contributed by atoms with Crippen molar-refractivity contribution in [2.24, 2.45) is 5.92 Å². The second-order valence-corrected chi connectivity index (χ2v) is 13.7. The minimum Gasteiger partial charge on any atom is -0.496 e. The van der Waals surface area contributed by atoms with Crippen LogP contribution in [0.4, 0.5) is 4.39 Å². The van der Waals surface area contributed by atoms with E-state index in [2.05, 4.69) is 0 Å². The molecule has 3 aromatic rings. The van der Waals surface area contributed by atoms with Gasteiger partial charge in [-0.1, -0.05) is 31.2 Å². The summed E-state index contributed by atoms with van der Waals surface area (Å²) in [6, 6.07) is 15.8. The van der Waals surface area contributed by atoms with Crippen LogP contribution in [-0.2, 0) is 20.0 Å². The molecule has 1 aliphatic heterocycles. The lowest BCUT2D eigenvalue weighted by molar-refractivity contribution is 0.0905. The van der Waals surface area contributed by atoms with Gasteiger partial charge >= 0.3 is 0 Å². The van der Waals surface area contributed by atoms with Crippen LogP contribution in [0.1, 0.15) is 13.8 Å². The zero-order valence-corrected chi connectivity index (χ0v) is 24.3. The fraction of sp³-hybridized carbons (Fsp3) is 0.357. The molecule has 9 nitrogen and oxygen atoms in total. The van der Waals surface area contributed by atoms with Gasteiger partial charge in [0.2, 0.25) is 20.0 Å². The van der Waals surface area contributed by atoms with E-state index < -0.39 is 50.5 Å². The number of fused-ring (bicyclic) bond motifs is 1. The molecule has 216 valence electrons. The fourth-order valence-corrected chi connectivity index (χ4v) is 7.64. The number of nitrogens with zero attached hydrogens (tertiary/aromatic N) is 2. The van der Waals surface area contributed by atoms with Crippen LogP contribution in [0, 0.1) is 11.7 Å². The molecule has 0 bridgehead atoms. The number of rotatable bonds is 8. The van der Waals surface area contributed by atoms with Gasteiger partial charge < -0.3 is 14.6 Å². The van der Waals surface area contributed by atoms with Gasteiger partial charge in [-0.05, 0) is 55.0 Å². The van der Waals surface area contributed by atoms with Crippen molar-refractivity contribution in [1.82, 2.24) is 8.61 Å². The lowest BCUT2D eigenvalue weighted by atomic mass is 10.0. The Morgan fingerprint density at radius 1 is 1.15 bits per heavy atom. The highest BCUT2D eigenvalue weighted by atomic mass is 32.2. The molecule has 1 aliphatic rings. The maximum atomic E-state index is 13.8. The Morgan fingerprint density at radius 2 is 1.82 bits per heavy atom. The van der Waals surface area contributed by atoms with E-state index in [0.29, 0.717) is 11.3 Å². The van der Waals surface area contributed by atoms with E-state index in [0.717, 1.165) is 22.0 Å². The molecule has 1 N–H and O–H groups in total. The van der Waals surface area contributed by atoms with Crippen LogP contribution in [0.3, 0.4) is 0 Å². The van der Waals surface area contributed by atoms with Gasteiger partial charge in [0.15, 0.2) is 0 Å². The molecule has 4 rings (SSSR count). The van der Waals surface area contributed by atoms with Crippen LogP contribution < -0.4 is 9.47 Å². The first-order chi connectivity index (χ1) is 18.9. The average molecular weight is 593 g/mol. The third kappa shape index (κ3) is 5.86. The molecular weight excluding hydrogens is 559 g/mol. The number of para-hydroxylation sites is 1. The molecule has 0 radical (unpaired) electrons. The lowest BCUT2D eigenvalue weighted by Crippen LogP contribution is -2.50. The van der Waals surface area contributed by atoms with E-state index in [1.807, 2.05) is 18.2 Å². The van der Waals surface area contributed by atoms with Crippen molar-refractivity contribution in [2.45, 2.75) is 35.8 Å². The highest BCUT2D eigenvalue weighted by Crippen LogP contribution is 2.39. The first-order valence-corrected chi connectivity index (χ1v) is 15.6. The van der Waals surface area contributed by atoms with E-state index in [1.165, 1.54) is 36.7 Å². The van der Waals surface area contributed by atoms with Crippen LogP contribution in [0.25, 0.3) is 11.1 Å². The summed E-state index contributed by atoms with van der Waals surface area (Å²) in [6.45, 7) is 2.86. The average Bonchev–Trinajstić information content (AvgIpc) is 2.94.